The first-order valence-corrected chi connectivity index (χ1v) is 9.03. The summed E-state index contributed by atoms with van der Waals surface area (Å²) in [6.45, 7) is 5.38. The second-order valence-corrected chi connectivity index (χ2v) is 6.26. The van der Waals surface area contributed by atoms with Gasteiger partial charge in [0.1, 0.15) is 5.75 Å². The topological polar surface area (TPSA) is 60.4 Å². The highest BCUT2D eigenvalue weighted by Crippen LogP contribution is 2.33. The Morgan fingerprint density at radius 2 is 1.81 bits per heavy atom. The molecule has 0 unspecified atom stereocenters. The second-order valence-electron chi connectivity index (χ2n) is 5.92. The first kappa shape index (κ1) is 17.0. The van der Waals surface area contributed by atoms with Crippen molar-refractivity contribution in [1.29, 1.82) is 0 Å². The molecule has 0 amide bonds. The number of fused-ring (bicyclic) bond motifs is 1. The van der Waals surface area contributed by atoms with Crippen LogP contribution in [0.15, 0.2) is 36.4 Å². The number of morpholine rings is 1. The van der Waals surface area contributed by atoms with Crippen molar-refractivity contribution in [1.82, 2.24) is 15.0 Å². The number of aromatic nitrogens is 3. The molecule has 134 valence electrons. The monoisotopic (exact) mass is 370 g/mol. The second kappa shape index (κ2) is 7.43. The number of hydrogen-bond donors (Lipinski definition) is 0. The van der Waals surface area contributed by atoms with Crippen LogP contribution in [-0.2, 0) is 4.74 Å². The normalized spacial score (nSPS) is 14.6. The van der Waals surface area contributed by atoms with E-state index in [9.17, 15) is 0 Å². The predicted octanol–water partition coefficient (Wildman–Crippen LogP) is 3.58. The van der Waals surface area contributed by atoms with Gasteiger partial charge in [-0.15, -0.1) is 0 Å². The zero-order valence-electron chi connectivity index (χ0n) is 14.5. The molecule has 0 bridgehead atoms. The molecule has 26 heavy (non-hydrogen) atoms. The van der Waals surface area contributed by atoms with Gasteiger partial charge in [0.15, 0.2) is 5.82 Å². The largest absolute Gasteiger partial charge is 0.493 e. The van der Waals surface area contributed by atoms with E-state index in [4.69, 9.17) is 21.1 Å². The third kappa shape index (κ3) is 3.30. The van der Waals surface area contributed by atoms with Crippen molar-refractivity contribution in [2.45, 2.75) is 6.92 Å². The first-order chi connectivity index (χ1) is 12.8. The summed E-state index contributed by atoms with van der Waals surface area (Å²) in [5.74, 6) is 1.99. The van der Waals surface area contributed by atoms with E-state index in [1.807, 2.05) is 43.3 Å². The summed E-state index contributed by atoms with van der Waals surface area (Å²) in [6.07, 6.45) is 0. The van der Waals surface area contributed by atoms with Crippen LogP contribution in [0.4, 0.5) is 5.95 Å². The van der Waals surface area contributed by atoms with E-state index in [-0.39, 0.29) is 5.28 Å². The molecule has 1 aliphatic heterocycles. The molecule has 2 heterocycles. The van der Waals surface area contributed by atoms with E-state index in [0.717, 1.165) is 35.2 Å². The Bertz CT molecular complexity index is 929. The smallest absolute Gasteiger partial charge is 0.230 e. The molecule has 0 saturated carbocycles. The maximum atomic E-state index is 6.21. The fraction of sp³-hybridized carbons (Fsp3) is 0.316. The summed E-state index contributed by atoms with van der Waals surface area (Å²) in [7, 11) is 0. The van der Waals surface area contributed by atoms with Gasteiger partial charge >= 0.3 is 0 Å². The lowest BCUT2D eigenvalue weighted by atomic mass is 10.0. The zero-order valence-corrected chi connectivity index (χ0v) is 15.2. The number of benzene rings is 2. The summed E-state index contributed by atoms with van der Waals surface area (Å²) in [4.78, 5) is 15.4. The third-order valence-electron chi connectivity index (χ3n) is 4.32. The van der Waals surface area contributed by atoms with Crippen LogP contribution in [0.2, 0.25) is 5.28 Å². The maximum Gasteiger partial charge on any atom is 0.230 e. The summed E-state index contributed by atoms with van der Waals surface area (Å²) in [6, 6.07) is 12.0. The molecule has 0 spiro atoms. The van der Waals surface area contributed by atoms with Gasteiger partial charge in [-0.25, -0.2) is 0 Å². The van der Waals surface area contributed by atoms with Crippen LogP contribution in [0, 0.1) is 0 Å². The van der Waals surface area contributed by atoms with Crippen molar-refractivity contribution >= 4 is 28.3 Å². The lowest BCUT2D eigenvalue weighted by Crippen LogP contribution is -2.37. The summed E-state index contributed by atoms with van der Waals surface area (Å²) in [5.41, 5.74) is 0.905. The van der Waals surface area contributed by atoms with Gasteiger partial charge in [0.05, 0.1) is 19.8 Å². The Morgan fingerprint density at radius 3 is 2.58 bits per heavy atom. The fourth-order valence-corrected chi connectivity index (χ4v) is 3.27. The van der Waals surface area contributed by atoms with E-state index < -0.39 is 0 Å². The third-order valence-corrected chi connectivity index (χ3v) is 4.48. The molecule has 0 radical (unpaired) electrons. The Morgan fingerprint density at radius 1 is 1.04 bits per heavy atom. The van der Waals surface area contributed by atoms with E-state index in [1.165, 1.54) is 0 Å². The van der Waals surface area contributed by atoms with E-state index in [1.54, 1.807) is 0 Å². The van der Waals surface area contributed by atoms with Gasteiger partial charge in [0.25, 0.3) is 0 Å². The average molecular weight is 371 g/mol. The Kier molecular flexibility index (Phi) is 4.86. The van der Waals surface area contributed by atoms with Crippen molar-refractivity contribution < 1.29 is 9.47 Å². The van der Waals surface area contributed by atoms with Crippen LogP contribution in [0.25, 0.3) is 22.2 Å². The first-order valence-electron chi connectivity index (χ1n) is 8.65. The number of hydrogen-bond acceptors (Lipinski definition) is 6. The summed E-state index contributed by atoms with van der Waals surface area (Å²) in [5, 5.41) is 2.24. The molecule has 4 rings (SSSR count). The number of ether oxygens (including phenoxy) is 2. The minimum Gasteiger partial charge on any atom is -0.493 e. The molecule has 1 aliphatic rings. The Hall–Kier alpha value is -2.44. The number of rotatable bonds is 4. The highest BCUT2D eigenvalue weighted by molar-refractivity contribution is 6.28. The summed E-state index contributed by atoms with van der Waals surface area (Å²) >= 11 is 6.21. The molecule has 0 N–H and O–H groups in total. The van der Waals surface area contributed by atoms with Crippen molar-refractivity contribution in [3.63, 3.8) is 0 Å². The van der Waals surface area contributed by atoms with Crippen LogP contribution in [0.3, 0.4) is 0 Å². The van der Waals surface area contributed by atoms with Crippen LogP contribution in [0.1, 0.15) is 6.92 Å². The minimum absolute atomic E-state index is 0.189. The van der Waals surface area contributed by atoms with Crippen LogP contribution in [0.5, 0.6) is 5.75 Å². The van der Waals surface area contributed by atoms with Crippen LogP contribution < -0.4 is 9.64 Å². The van der Waals surface area contributed by atoms with Gasteiger partial charge in [-0.1, -0.05) is 24.3 Å². The van der Waals surface area contributed by atoms with Gasteiger partial charge < -0.3 is 14.4 Å². The highest BCUT2D eigenvalue weighted by Gasteiger charge is 2.18. The van der Waals surface area contributed by atoms with Crippen molar-refractivity contribution in [3.05, 3.63) is 41.7 Å². The fourth-order valence-electron chi connectivity index (χ4n) is 3.11. The molecular weight excluding hydrogens is 352 g/mol. The average Bonchev–Trinajstić information content (AvgIpc) is 2.68. The van der Waals surface area contributed by atoms with Crippen molar-refractivity contribution in [2.75, 3.05) is 37.8 Å². The molecule has 3 aromatic rings. The van der Waals surface area contributed by atoms with Crippen LogP contribution >= 0.6 is 11.6 Å². The summed E-state index contributed by atoms with van der Waals surface area (Å²) < 4.78 is 11.2. The standard InChI is InChI=1S/C19H19ClN4O2/c1-2-26-16-8-7-15(13-5-3-4-6-14(13)16)17-21-18(20)23-19(22-17)24-9-11-25-12-10-24/h3-8H,2,9-12H2,1H3. The van der Waals surface area contributed by atoms with Gasteiger partial charge in [0.2, 0.25) is 11.2 Å². The lowest BCUT2D eigenvalue weighted by molar-refractivity contribution is 0.122. The molecular formula is C19H19ClN4O2. The lowest BCUT2D eigenvalue weighted by Gasteiger charge is -2.26. The molecule has 7 heteroatoms. The van der Waals surface area contributed by atoms with Crippen molar-refractivity contribution in [3.8, 4) is 17.1 Å². The van der Waals surface area contributed by atoms with Gasteiger partial charge in [0, 0.05) is 24.0 Å². The van der Waals surface area contributed by atoms with Gasteiger partial charge in [-0.3, -0.25) is 0 Å². The molecule has 0 atom stereocenters. The number of anilines is 1. The van der Waals surface area contributed by atoms with Gasteiger partial charge in [-0.05, 0) is 36.0 Å². The van der Waals surface area contributed by atoms with E-state index >= 15 is 0 Å². The van der Waals surface area contributed by atoms with Crippen molar-refractivity contribution in [2.24, 2.45) is 0 Å². The Labute approximate surface area is 156 Å². The Balaban J connectivity index is 1.82. The molecule has 2 aromatic carbocycles. The molecule has 6 nitrogen and oxygen atoms in total. The van der Waals surface area contributed by atoms with Crippen LogP contribution in [-0.4, -0.2) is 47.9 Å². The minimum atomic E-state index is 0.189. The molecule has 1 saturated heterocycles. The molecule has 0 aliphatic carbocycles. The van der Waals surface area contributed by atoms with E-state index in [0.29, 0.717) is 31.6 Å². The number of halogens is 1. The van der Waals surface area contributed by atoms with Gasteiger partial charge in [-0.2, -0.15) is 15.0 Å². The quantitative estimate of drug-likeness (QED) is 0.699. The van der Waals surface area contributed by atoms with E-state index in [2.05, 4.69) is 19.9 Å². The highest BCUT2D eigenvalue weighted by atomic mass is 35.5. The molecule has 1 aromatic heterocycles. The SMILES string of the molecule is CCOc1ccc(-c2nc(Cl)nc(N3CCOCC3)n2)c2ccccc12. The zero-order chi connectivity index (χ0) is 17.9. The maximum absolute atomic E-state index is 6.21. The number of nitrogens with zero attached hydrogens (tertiary/aromatic N) is 4. The molecule has 1 fully saturated rings. The predicted molar refractivity (Wildman–Crippen MR) is 102 cm³/mol.